The summed E-state index contributed by atoms with van der Waals surface area (Å²) in [6.07, 6.45) is 8.62. The maximum absolute atomic E-state index is 2.43. The summed E-state index contributed by atoms with van der Waals surface area (Å²) in [6.45, 7) is 9.58. The fraction of sp³-hybridized carbons (Fsp3) is 1.00. The smallest absolute Gasteiger partial charge is 0.00803 e. The van der Waals surface area contributed by atoms with Crippen LogP contribution in [0.15, 0.2) is 0 Å². The zero-order valence-corrected chi connectivity index (χ0v) is 11.8. The molecule has 0 heterocycles. The molecule has 0 bridgehead atoms. The first-order valence-electron chi connectivity index (χ1n) is 6.67. The van der Waals surface area contributed by atoms with E-state index in [1.54, 1.807) is 0 Å². The first-order valence-corrected chi connectivity index (χ1v) is 7.72. The summed E-state index contributed by atoms with van der Waals surface area (Å²) in [5.41, 5.74) is 0.518. The highest BCUT2D eigenvalue weighted by Crippen LogP contribution is 2.43. The summed E-state index contributed by atoms with van der Waals surface area (Å²) >= 11 is 2.26. The molecule has 0 radical (unpaired) electrons. The lowest BCUT2D eigenvalue weighted by molar-refractivity contribution is 0.187. The van der Waals surface area contributed by atoms with Crippen LogP contribution in [-0.4, -0.2) is 11.0 Å². The summed E-state index contributed by atoms with van der Waals surface area (Å²) in [5.74, 6) is 2.33. The third kappa shape index (κ3) is 4.38. The average molecular weight is 228 g/mol. The van der Waals surface area contributed by atoms with E-state index in [4.69, 9.17) is 0 Å². The zero-order chi connectivity index (χ0) is 11.3. The Balaban J connectivity index is 2.43. The lowest BCUT2D eigenvalue weighted by atomic mass is 9.72. The van der Waals surface area contributed by atoms with Crippen molar-refractivity contribution in [1.29, 1.82) is 0 Å². The normalized spacial score (nSPS) is 28.0. The van der Waals surface area contributed by atoms with Crippen molar-refractivity contribution < 1.29 is 0 Å². The fourth-order valence-corrected chi connectivity index (χ4v) is 4.53. The SMILES string of the molecule is CCCCSC1CCCCC1C(C)(C)C. The molecule has 1 rings (SSSR count). The Hall–Kier alpha value is 0.350. The van der Waals surface area contributed by atoms with E-state index >= 15 is 0 Å². The molecule has 0 saturated heterocycles. The Morgan fingerprint density at radius 2 is 1.80 bits per heavy atom. The molecular formula is C14H28S. The van der Waals surface area contributed by atoms with E-state index in [2.05, 4.69) is 39.5 Å². The molecule has 1 saturated carbocycles. The van der Waals surface area contributed by atoms with Crippen LogP contribution in [0.2, 0.25) is 0 Å². The largest absolute Gasteiger partial charge is 0.158 e. The fourth-order valence-electron chi connectivity index (χ4n) is 2.67. The molecule has 1 aliphatic rings. The van der Waals surface area contributed by atoms with E-state index in [1.165, 1.54) is 44.3 Å². The lowest BCUT2D eigenvalue weighted by Crippen LogP contribution is -2.33. The summed E-state index contributed by atoms with van der Waals surface area (Å²) in [6, 6.07) is 0. The monoisotopic (exact) mass is 228 g/mol. The number of hydrogen-bond acceptors (Lipinski definition) is 1. The Kier molecular flexibility index (Phi) is 5.52. The van der Waals surface area contributed by atoms with Gasteiger partial charge >= 0.3 is 0 Å². The predicted octanol–water partition coefficient (Wildman–Crippen LogP) is 5.12. The van der Waals surface area contributed by atoms with Crippen molar-refractivity contribution in [2.75, 3.05) is 5.75 Å². The molecule has 0 spiro atoms. The molecule has 1 heteroatoms. The molecular weight excluding hydrogens is 200 g/mol. The molecule has 90 valence electrons. The van der Waals surface area contributed by atoms with Gasteiger partial charge in [-0.2, -0.15) is 11.8 Å². The van der Waals surface area contributed by atoms with Crippen LogP contribution in [0.4, 0.5) is 0 Å². The Labute approximate surface area is 101 Å². The van der Waals surface area contributed by atoms with Gasteiger partial charge in [-0.3, -0.25) is 0 Å². The standard InChI is InChI=1S/C14H28S/c1-5-6-11-15-13-10-8-7-9-12(13)14(2,3)4/h12-13H,5-11H2,1-4H3. The second kappa shape index (κ2) is 6.18. The van der Waals surface area contributed by atoms with Gasteiger partial charge < -0.3 is 0 Å². The number of unbranched alkanes of at least 4 members (excludes halogenated alkanes) is 1. The third-order valence-corrected chi connectivity index (χ3v) is 5.16. The van der Waals surface area contributed by atoms with Crippen LogP contribution in [0.1, 0.15) is 66.2 Å². The Morgan fingerprint density at radius 3 is 2.40 bits per heavy atom. The quantitative estimate of drug-likeness (QED) is 0.601. The average Bonchev–Trinajstić information content (AvgIpc) is 2.17. The summed E-state index contributed by atoms with van der Waals surface area (Å²) in [7, 11) is 0. The summed E-state index contributed by atoms with van der Waals surface area (Å²) < 4.78 is 0. The van der Waals surface area contributed by atoms with E-state index in [-0.39, 0.29) is 0 Å². The van der Waals surface area contributed by atoms with Crippen LogP contribution >= 0.6 is 11.8 Å². The van der Waals surface area contributed by atoms with Crippen molar-refractivity contribution in [1.82, 2.24) is 0 Å². The highest BCUT2D eigenvalue weighted by molar-refractivity contribution is 7.99. The third-order valence-electron chi connectivity index (χ3n) is 3.64. The minimum atomic E-state index is 0.518. The minimum absolute atomic E-state index is 0.518. The van der Waals surface area contributed by atoms with Gasteiger partial charge in [-0.1, -0.05) is 47.0 Å². The van der Waals surface area contributed by atoms with Crippen LogP contribution in [0, 0.1) is 11.3 Å². The van der Waals surface area contributed by atoms with Crippen molar-refractivity contribution in [3.63, 3.8) is 0 Å². The van der Waals surface area contributed by atoms with Gasteiger partial charge in [-0.15, -0.1) is 0 Å². The zero-order valence-electron chi connectivity index (χ0n) is 11.0. The second-order valence-electron chi connectivity index (χ2n) is 6.02. The van der Waals surface area contributed by atoms with Gasteiger partial charge in [0.2, 0.25) is 0 Å². The van der Waals surface area contributed by atoms with Gasteiger partial charge in [0.25, 0.3) is 0 Å². The van der Waals surface area contributed by atoms with Crippen LogP contribution in [0.3, 0.4) is 0 Å². The first-order chi connectivity index (χ1) is 7.05. The van der Waals surface area contributed by atoms with Gasteiger partial charge in [0.15, 0.2) is 0 Å². The number of thioether (sulfide) groups is 1. The van der Waals surface area contributed by atoms with E-state index in [0.29, 0.717) is 5.41 Å². The summed E-state index contributed by atoms with van der Waals surface area (Å²) in [4.78, 5) is 0. The minimum Gasteiger partial charge on any atom is -0.158 e. The molecule has 15 heavy (non-hydrogen) atoms. The summed E-state index contributed by atoms with van der Waals surface area (Å²) in [5, 5.41) is 0.949. The van der Waals surface area contributed by atoms with Crippen molar-refractivity contribution in [2.24, 2.45) is 11.3 Å². The molecule has 0 nitrogen and oxygen atoms in total. The van der Waals surface area contributed by atoms with Crippen LogP contribution in [-0.2, 0) is 0 Å². The number of rotatable bonds is 4. The maximum atomic E-state index is 2.43. The van der Waals surface area contributed by atoms with Crippen LogP contribution in [0.5, 0.6) is 0 Å². The number of hydrogen-bond donors (Lipinski definition) is 0. The van der Waals surface area contributed by atoms with Crippen molar-refractivity contribution in [3.8, 4) is 0 Å². The van der Waals surface area contributed by atoms with E-state index in [9.17, 15) is 0 Å². The first kappa shape index (κ1) is 13.4. The van der Waals surface area contributed by atoms with Crippen molar-refractivity contribution in [3.05, 3.63) is 0 Å². The highest BCUT2D eigenvalue weighted by atomic mass is 32.2. The van der Waals surface area contributed by atoms with Crippen molar-refractivity contribution in [2.45, 2.75) is 71.5 Å². The molecule has 2 unspecified atom stereocenters. The van der Waals surface area contributed by atoms with Gasteiger partial charge in [0.05, 0.1) is 0 Å². The molecule has 0 N–H and O–H groups in total. The Morgan fingerprint density at radius 1 is 1.13 bits per heavy atom. The van der Waals surface area contributed by atoms with Gasteiger partial charge in [-0.25, -0.2) is 0 Å². The molecule has 0 aromatic heterocycles. The molecule has 0 aromatic carbocycles. The van der Waals surface area contributed by atoms with Gasteiger partial charge in [0, 0.05) is 5.25 Å². The molecule has 0 aromatic rings. The Bertz CT molecular complexity index is 169. The molecule has 1 aliphatic carbocycles. The molecule has 1 fully saturated rings. The molecule has 0 aliphatic heterocycles. The van der Waals surface area contributed by atoms with E-state index in [0.717, 1.165) is 11.2 Å². The lowest BCUT2D eigenvalue weighted by Gasteiger charge is -2.40. The van der Waals surface area contributed by atoms with E-state index < -0.39 is 0 Å². The second-order valence-corrected chi connectivity index (χ2v) is 7.37. The van der Waals surface area contributed by atoms with Gasteiger partial charge in [0.1, 0.15) is 0 Å². The van der Waals surface area contributed by atoms with Crippen molar-refractivity contribution >= 4 is 11.8 Å². The van der Waals surface area contributed by atoms with Crippen LogP contribution in [0.25, 0.3) is 0 Å². The topological polar surface area (TPSA) is 0 Å². The van der Waals surface area contributed by atoms with Crippen LogP contribution < -0.4 is 0 Å². The molecule has 2 atom stereocenters. The molecule has 0 amide bonds. The van der Waals surface area contributed by atoms with E-state index in [1.807, 2.05) is 0 Å². The predicted molar refractivity (Wildman–Crippen MR) is 72.6 cm³/mol. The highest BCUT2D eigenvalue weighted by Gasteiger charge is 2.33. The van der Waals surface area contributed by atoms with Gasteiger partial charge in [-0.05, 0) is 36.3 Å². The maximum Gasteiger partial charge on any atom is 0.00803 e.